The smallest absolute Gasteiger partial charge is 0.129 e. The van der Waals surface area contributed by atoms with E-state index in [1.807, 2.05) is 25.1 Å². The van der Waals surface area contributed by atoms with E-state index < -0.39 is 0 Å². The molecule has 0 aliphatic carbocycles. The Morgan fingerprint density at radius 2 is 2.00 bits per heavy atom. The molecular formula is C16H17BrFN. The van der Waals surface area contributed by atoms with E-state index in [2.05, 4.69) is 40.3 Å². The van der Waals surface area contributed by atoms with Crippen LogP contribution < -0.4 is 5.32 Å². The van der Waals surface area contributed by atoms with Gasteiger partial charge in [-0.2, -0.15) is 0 Å². The lowest BCUT2D eigenvalue weighted by Gasteiger charge is -2.17. The zero-order valence-electron chi connectivity index (χ0n) is 11.1. The van der Waals surface area contributed by atoms with Crippen molar-refractivity contribution >= 4 is 21.6 Å². The Labute approximate surface area is 122 Å². The third kappa shape index (κ3) is 3.57. The minimum atomic E-state index is -0.193. The zero-order chi connectivity index (χ0) is 13.8. The van der Waals surface area contributed by atoms with Crippen LogP contribution in [0.2, 0.25) is 0 Å². The molecule has 0 radical (unpaired) electrons. The van der Waals surface area contributed by atoms with Gasteiger partial charge in [0, 0.05) is 15.7 Å². The summed E-state index contributed by atoms with van der Waals surface area (Å²) in [6, 6.07) is 13.3. The number of nitrogens with one attached hydrogen (secondary N) is 1. The van der Waals surface area contributed by atoms with Crippen LogP contribution in [-0.4, -0.2) is 0 Å². The molecule has 0 amide bonds. The highest BCUT2D eigenvalue weighted by atomic mass is 79.9. The van der Waals surface area contributed by atoms with E-state index in [4.69, 9.17) is 0 Å². The van der Waals surface area contributed by atoms with Gasteiger partial charge in [-0.15, -0.1) is 0 Å². The van der Waals surface area contributed by atoms with Crippen molar-refractivity contribution in [3.63, 3.8) is 0 Å². The minimum Gasteiger partial charge on any atom is -0.378 e. The number of benzene rings is 2. The van der Waals surface area contributed by atoms with E-state index in [-0.39, 0.29) is 11.9 Å². The molecule has 0 saturated heterocycles. The molecule has 0 saturated carbocycles. The summed E-state index contributed by atoms with van der Waals surface area (Å²) in [5.41, 5.74) is 2.97. The predicted molar refractivity (Wildman–Crippen MR) is 82.0 cm³/mol. The van der Waals surface area contributed by atoms with E-state index >= 15 is 0 Å². The first-order valence-electron chi connectivity index (χ1n) is 6.40. The fraction of sp³-hybridized carbons (Fsp3) is 0.250. The van der Waals surface area contributed by atoms with Gasteiger partial charge in [-0.05, 0) is 43.2 Å². The molecule has 3 heteroatoms. The molecule has 0 fully saturated rings. The average molecular weight is 322 g/mol. The third-order valence-electron chi connectivity index (χ3n) is 3.15. The lowest BCUT2D eigenvalue weighted by molar-refractivity contribution is 0.599. The highest BCUT2D eigenvalue weighted by Gasteiger charge is 2.11. The summed E-state index contributed by atoms with van der Waals surface area (Å²) >= 11 is 3.27. The molecule has 2 aromatic rings. The number of hydrogen-bond donors (Lipinski definition) is 1. The molecule has 1 nitrogen and oxygen atoms in total. The monoisotopic (exact) mass is 321 g/mol. The van der Waals surface area contributed by atoms with Crippen LogP contribution in [0.5, 0.6) is 0 Å². The summed E-state index contributed by atoms with van der Waals surface area (Å²) in [5, 5.41) is 3.34. The second-order valence-corrected chi connectivity index (χ2v) is 5.50. The van der Waals surface area contributed by atoms with Gasteiger partial charge in [-0.3, -0.25) is 0 Å². The van der Waals surface area contributed by atoms with Crippen LogP contribution in [0.1, 0.15) is 31.0 Å². The van der Waals surface area contributed by atoms with Crippen LogP contribution in [0.4, 0.5) is 10.1 Å². The van der Waals surface area contributed by atoms with Crippen molar-refractivity contribution in [1.29, 1.82) is 0 Å². The Kier molecular flexibility index (Phi) is 4.59. The number of hydrogen-bond acceptors (Lipinski definition) is 1. The van der Waals surface area contributed by atoms with Gasteiger partial charge in [0.25, 0.3) is 0 Å². The lowest BCUT2D eigenvalue weighted by Crippen LogP contribution is -2.08. The van der Waals surface area contributed by atoms with Crippen molar-refractivity contribution < 1.29 is 4.39 Å². The SMILES string of the molecule is CCc1cccc(NC(C)c2ccc(Br)cc2F)c1. The highest BCUT2D eigenvalue weighted by Crippen LogP contribution is 2.24. The second-order valence-electron chi connectivity index (χ2n) is 4.59. The van der Waals surface area contributed by atoms with Crippen molar-refractivity contribution in [2.24, 2.45) is 0 Å². The van der Waals surface area contributed by atoms with E-state index in [1.165, 1.54) is 11.6 Å². The van der Waals surface area contributed by atoms with Crippen LogP contribution in [0.3, 0.4) is 0 Å². The summed E-state index contributed by atoms with van der Waals surface area (Å²) in [6.07, 6.45) is 0.997. The number of anilines is 1. The first-order chi connectivity index (χ1) is 9.10. The van der Waals surface area contributed by atoms with Gasteiger partial charge in [-0.25, -0.2) is 4.39 Å². The molecule has 2 rings (SSSR count). The third-order valence-corrected chi connectivity index (χ3v) is 3.64. The van der Waals surface area contributed by atoms with Gasteiger partial charge in [0.15, 0.2) is 0 Å². The number of halogens is 2. The van der Waals surface area contributed by atoms with Crippen molar-refractivity contribution in [3.05, 3.63) is 63.9 Å². The molecule has 0 spiro atoms. The quantitative estimate of drug-likeness (QED) is 0.803. The fourth-order valence-corrected chi connectivity index (χ4v) is 2.39. The molecular weight excluding hydrogens is 305 g/mol. The van der Waals surface area contributed by atoms with Crippen LogP contribution in [-0.2, 0) is 6.42 Å². The largest absolute Gasteiger partial charge is 0.378 e. The summed E-state index contributed by atoms with van der Waals surface area (Å²) in [5.74, 6) is -0.193. The van der Waals surface area contributed by atoms with E-state index in [0.717, 1.165) is 16.6 Å². The Hall–Kier alpha value is -1.35. The standard InChI is InChI=1S/C16H17BrFN/c1-3-12-5-4-6-14(9-12)19-11(2)15-8-7-13(17)10-16(15)18/h4-11,19H,3H2,1-2H3. The molecule has 0 heterocycles. The molecule has 2 aromatic carbocycles. The van der Waals surface area contributed by atoms with Crippen molar-refractivity contribution in [2.45, 2.75) is 26.3 Å². The van der Waals surface area contributed by atoms with Crippen molar-refractivity contribution in [1.82, 2.24) is 0 Å². The molecule has 19 heavy (non-hydrogen) atoms. The predicted octanol–water partition coefficient (Wildman–Crippen LogP) is 5.32. The van der Waals surface area contributed by atoms with Gasteiger partial charge in [0.2, 0.25) is 0 Å². The summed E-state index contributed by atoms with van der Waals surface area (Å²) < 4.78 is 14.6. The van der Waals surface area contributed by atoms with E-state index in [1.54, 1.807) is 6.07 Å². The van der Waals surface area contributed by atoms with Crippen LogP contribution in [0, 0.1) is 5.82 Å². The highest BCUT2D eigenvalue weighted by molar-refractivity contribution is 9.10. The average Bonchev–Trinajstić information content (AvgIpc) is 2.38. The van der Waals surface area contributed by atoms with Gasteiger partial charge < -0.3 is 5.32 Å². The molecule has 100 valence electrons. The maximum atomic E-state index is 13.9. The zero-order valence-corrected chi connectivity index (χ0v) is 12.7. The maximum absolute atomic E-state index is 13.9. The summed E-state index contributed by atoms with van der Waals surface area (Å²) in [4.78, 5) is 0. The van der Waals surface area contributed by atoms with Gasteiger partial charge in [0.1, 0.15) is 5.82 Å². The Morgan fingerprint density at radius 1 is 1.21 bits per heavy atom. The van der Waals surface area contributed by atoms with Gasteiger partial charge in [-0.1, -0.05) is 41.1 Å². The normalized spacial score (nSPS) is 12.2. The number of rotatable bonds is 4. The Bertz CT molecular complexity index is 568. The summed E-state index contributed by atoms with van der Waals surface area (Å²) in [7, 11) is 0. The van der Waals surface area contributed by atoms with Crippen LogP contribution in [0.15, 0.2) is 46.9 Å². The molecule has 1 atom stereocenters. The molecule has 1 unspecified atom stereocenters. The lowest BCUT2D eigenvalue weighted by atomic mass is 10.1. The van der Waals surface area contributed by atoms with Crippen LogP contribution in [0.25, 0.3) is 0 Å². The van der Waals surface area contributed by atoms with Crippen molar-refractivity contribution in [3.8, 4) is 0 Å². The first kappa shape index (κ1) is 14.1. The van der Waals surface area contributed by atoms with Gasteiger partial charge >= 0.3 is 0 Å². The topological polar surface area (TPSA) is 12.0 Å². The van der Waals surface area contributed by atoms with Crippen molar-refractivity contribution in [2.75, 3.05) is 5.32 Å². The fourth-order valence-electron chi connectivity index (χ4n) is 2.06. The van der Waals surface area contributed by atoms with Gasteiger partial charge in [0.05, 0.1) is 6.04 Å². The molecule has 0 aliphatic rings. The minimum absolute atomic E-state index is 0.0693. The molecule has 0 bridgehead atoms. The van der Waals surface area contributed by atoms with Crippen LogP contribution >= 0.6 is 15.9 Å². The number of aryl methyl sites for hydroxylation is 1. The first-order valence-corrected chi connectivity index (χ1v) is 7.20. The Morgan fingerprint density at radius 3 is 2.68 bits per heavy atom. The molecule has 0 aliphatic heterocycles. The Balaban J connectivity index is 2.17. The maximum Gasteiger partial charge on any atom is 0.129 e. The van der Waals surface area contributed by atoms with E-state index in [0.29, 0.717) is 5.56 Å². The molecule has 0 aromatic heterocycles. The van der Waals surface area contributed by atoms with E-state index in [9.17, 15) is 4.39 Å². The summed E-state index contributed by atoms with van der Waals surface area (Å²) in [6.45, 7) is 4.09. The second kappa shape index (κ2) is 6.20. The molecule has 1 N–H and O–H groups in total.